The van der Waals surface area contributed by atoms with Crippen LogP contribution in [0.25, 0.3) is 0 Å². The number of esters is 1. The van der Waals surface area contributed by atoms with Gasteiger partial charge in [-0.15, -0.1) is 11.6 Å². The molecule has 4 rings (SSSR count). The van der Waals surface area contributed by atoms with E-state index >= 15 is 0 Å². The summed E-state index contributed by atoms with van der Waals surface area (Å²) in [6.07, 6.45) is 6.24. The fourth-order valence-corrected chi connectivity index (χ4v) is 9.04. The van der Waals surface area contributed by atoms with Crippen molar-refractivity contribution in [3.8, 4) is 0 Å². The van der Waals surface area contributed by atoms with Gasteiger partial charge in [0, 0.05) is 30.6 Å². The molecule has 0 amide bonds. The summed E-state index contributed by atoms with van der Waals surface area (Å²) in [4.78, 5) is 56.5. The van der Waals surface area contributed by atoms with Crippen molar-refractivity contribution in [2.75, 3.05) is 7.11 Å². The first-order valence-corrected chi connectivity index (χ1v) is 18.8. The molecule has 8 nitrogen and oxygen atoms in total. The van der Waals surface area contributed by atoms with E-state index in [2.05, 4.69) is 0 Å². The Balaban J connectivity index is 2.00. The quantitative estimate of drug-likeness (QED) is 0.173. The van der Waals surface area contributed by atoms with Gasteiger partial charge >= 0.3 is 5.97 Å². The zero-order valence-corrected chi connectivity index (χ0v) is 32.3. The number of ketones is 3. The Morgan fingerprint density at radius 3 is 2.32 bits per heavy atom. The summed E-state index contributed by atoms with van der Waals surface area (Å²) in [5.41, 5.74) is 0.532. The molecular weight excluding hydrogens is 656 g/mol. The smallest absolute Gasteiger partial charge is 0.313 e. The van der Waals surface area contributed by atoms with Crippen LogP contribution in [0.4, 0.5) is 0 Å². The lowest BCUT2D eigenvalue weighted by molar-refractivity contribution is -0.196. The Bertz CT molecular complexity index is 1480. The summed E-state index contributed by atoms with van der Waals surface area (Å²) in [6, 6.07) is 0. The Hall–Kier alpha value is -2.39. The molecular formula is C41H59ClO8. The van der Waals surface area contributed by atoms with Crippen LogP contribution >= 0.6 is 11.6 Å². The normalized spacial score (nSPS) is 41.5. The molecule has 0 aromatic heterocycles. The average Bonchev–Trinajstić information content (AvgIpc) is 3.03. The maximum absolute atomic E-state index is 14.7. The van der Waals surface area contributed by atoms with Crippen molar-refractivity contribution < 1.29 is 38.9 Å². The molecule has 2 N–H and O–H groups in total. The van der Waals surface area contributed by atoms with Crippen molar-refractivity contribution in [2.24, 2.45) is 29.1 Å². The highest BCUT2D eigenvalue weighted by Gasteiger charge is 2.60. The number of hydrogen-bond acceptors (Lipinski definition) is 8. The molecule has 0 unspecified atom stereocenters. The Labute approximate surface area is 303 Å². The van der Waals surface area contributed by atoms with Crippen molar-refractivity contribution >= 4 is 34.9 Å². The number of aliphatic hydroxyl groups is 2. The number of carbonyl (C=O) groups is 4. The molecule has 0 spiro atoms. The van der Waals surface area contributed by atoms with Crippen molar-refractivity contribution in [1.29, 1.82) is 0 Å². The second-order valence-corrected chi connectivity index (χ2v) is 17.3. The first-order valence-electron chi connectivity index (χ1n) is 18.4. The predicted molar refractivity (Wildman–Crippen MR) is 194 cm³/mol. The van der Waals surface area contributed by atoms with Gasteiger partial charge in [-0.05, 0) is 110 Å². The average molecular weight is 715 g/mol. The highest BCUT2D eigenvalue weighted by Crippen LogP contribution is 2.55. The largest absolute Gasteiger partial charge is 0.469 e. The number of aliphatic hydroxyl groups excluding tert-OH is 1. The summed E-state index contributed by atoms with van der Waals surface area (Å²) < 4.78 is 12.0. The molecule has 278 valence electrons. The maximum Gasteiger partial charge on any atom is 0.313 e. The second-order valence-electron chi connectivity index (χ2n) is 16.4. The third-order valence-electron chi connectivity index (χ3n) is 12.3. The van der Waals surface area contributed by atoms with Crippen molar-refractivity contribution in [3.63, 3.8) is 0 Å². The van der Waals surface area contributed by atoms with E-state index < -0.39 is 57.9 Å². The van der Waals surface area contributed by atoms with Crippen LogP contribution in [0.15, 0.2) is 46.1 Å². The van der Waals surface area contributed by atoms with E-state index in [1.807, 2.05) is 53.7 Å². The number of allylic oxidation sites excluding steroid dienone is 7. The van der Waals surface area contributed by atoms with Gasteiger partial charge in [0.2, 0.25) is 0 Å². The highest BCUT2D eigenvalue weighted by molar-refractivity contribution is 6.24. The minimum absolute atomic E-state index is 0.00521. The van der Waals surface area contributed by atoms with Crippen LogP contribution in [0.3, 0.4) is 0 Å². The molecule has 50 heavy (non-hydrogen) atoms. The van der Waals surface area contributed by atoms with Crippen LogP contribution < -0.4 is 0 Å². The maximum atomic E-state index is 14.7. The Kier molecular flexibility index (Phi) is 12.7. The molecule has 4 aliphatic rings. The van der Waals surface area contributed by atoms with Crippen LogP contribution in [-0.2, 0) is 28.7 Å². The summed E-state index contributed by atoms with van der Waals surface area (Å²) in [6.45, 7) is 14.8. The monoisotopic (exact) mass is 714 g/mol. The van der Waals surface area contributed by atoms with E-state index in [0.717, 1.165) is 16.7 Å². The number of alkyl halides is 1. The molecule has 9 atom stereocenters. The Morgan fingerprint density at radius 2 is 1.68 bits per heavy atom. The molecule has 2 aliphatic carbocycles. The van der Waals surface area contributed by atoms with Crippen LogP contribution in [0, 0.1) is 29.1 Å². The fourth-order valence-electron chi connectivity index (χ4n) is 8.77. The second kappa shape index (κ2) is 15.7. The molecule has 9 heteroatoms. The number of methoxy groups -OCH3 is 1. The van der Waals surface area contributed by atoms with Crippen LogP contribution in [0.2, 0.25) is 0 Å². The summed E-state index contributed by atoms with van der Waals surface area (Å²) in [5.74, 6) is -3.93. The van der Waals surface area contributed by atoms with Crippen molar-refractivity contribution in [2.45, 2.75) is 148 Å². The molecule has 0 radical (unpaired) electrons. The van der Waals surface area contributed by atoms with Gasteiger partial charge in [-0.25, -0.2) is 0 Å². The number of ether oxygens (including phenoxy) is 2. The van der Waals surface area contributed by atoms with E-state index in [1.54, 1.807) is 19.9 Å². The fraction of sp³-hybridized carbons (Fsp3) is 0.707. The molecule has 1 fully saturated rings. The highest BCUT2D eigenvalue weighted by atomic mass is 35.5. The van der Waals surface area contributed by atoms with E-state index in [-0.39, 0.29) is 49.0 Å². The molecule has 0 aromatic carbocycles. The summed E-state index contributed by atoms with van der Waals surface area (Å²) in [7, 11) is 1.28. The van der Waals surface area contributed by atoms with Gasteiger partial charge in [-0.3, -0.25) is 19.2 Å². The Morgan fingerprint density at radius 1 is 1.00 bits per heavy atom. The molecule has 1 saturated heterocycles. The lowest BCUT2D eigenvalue weighted by atomic mass is 9.53. The molecule has 2 aliphatic heterocycles. The molecule has 0 saturated carbocycles. The summed E-state index contributed by atoms with van der Waals surface area (Å²) in [5, 5.41) is 23.8. The number of rotatable bonds is 2. The van der Waals surface area contributed by atoms with Crippen molar-refractivity contribution in [1.82, 2.24) is 0 Å². The van der Waals surface area contributed by atoms with Gasteiger partial charge < -0.3 is 19.7 Å². The van der Waals surface area contributed by atoms with Gasteiger partial charge in [0.25, 0.3) is 0 Å². The first kappa shape index (κ1) is 40.4. The van der Waals surface area contributed by atoms with Gasteiger partial charge in [0.15, 0.2) is 11.6 Å². The third-order valence-corrected chi connectivity index (χ3v) is 12.7. The summed E-state index contributed by atoms with van der Waals surface area (Å²) >= 11 is 6.96. The number of halogens is 1. The van der Waals surface area contributed by atoms with E-state index in [9.17, 15) is 29.4 Å². The number of fused-ring (bicyclic) bond motifs is 5. The number of Topliss-reactive ketones (excluding diaryl/α,β-unsaturated/α-hetero) is 2. The van der Waals surface area contributed by atoms with Crippen LogP contribution in [-0.4, -0.2) is 69.4 Å². The first-order chi connectivity index (χ1) is 23.3. The predicted octanol–water partition coefficient (Wildman–Crippen LogP) is 7.33. The van der Waals surface area contributed by atoms with Crippen molar-refractivity contribution in [3.05, 3.63) is 46.1 Å². The van der Waals surface area contributed by atoms with Gasteiger partial charge in [0.1, 0.15) is 11.4 Å². The zero-order chi connectivity index (χ0) is 37.3. The topological polar surface area (TPSA) is 127 Å². The molecule has 0 aromatic rings. The standard InChI is InChI=1S/C41H59ClO8/c1-23(2)28-20-32(43)26(5)12-10-11-24(3)18-33(44)31-19-27(6)29-21-35(46)40(8,48)37-15-16-39(7,42)36(50-37)14-13-25(4)17-30(29)41(31,22-34(28)45)38(47)49-9/h12,17-18,23,28,30-31,35-37,46,48H,10-11,13-16,19-22H2,1-9H3/b24-18+,25-17+,26-12+/t28-,30+,31-,35+,36+,37-,39+,40+,41+/m0/s1. The zero-order valence-electron chi connectivity index (χ0n) is 31.6. The minimum Gasteiger partial charge on any atom is -0.469 e. The molecule has 2 heterocycles. The lowest BCUT2D eigenvalue weighted by Crippen LogP contribution is -2.58. The van der Waals surface area contributed by atoms with Gasteiger partial charge in [-0.2, -0.15) is 0 Å². The van der Waals surface area contributed by atoms with Crippen LogP contribution in [0.1, 0.15) is 120 Å². The van der Waals surface area contributed by atoms with E-state index in [4.69, 9.17) is 21.1 Å². The van der Waals surface area contributed by atoms with Gasteiger partial charge in [0.05, 0.1) is 35.7 Å². The van der Waals surface area contributed by atoms with E-state index in [0.29, 0.717) is 49.7 Å². The number of hydrogen-bond donors (Lipinski definition) is 2. The van der Waals surface area contributed by atoms with E-state index in [1.165, 1.54) is 7.11 Å². The van der Waals surface area contributed by atoms with Gasteiger partial charge in [-0.1, -0.05) is 48.3 Å². The SMILES string of the molecule is COC(=O)[C@@]12CC(=O)[C@H](C(C)C)CC(=O)/C(C)=C/CC/C(C)=C/C(=O)[C@@H]1CC(C)=C1C[C@@H](O)[C@@](C)(O)[C@@H]3CC[C@@](C)(Cl)[C@@H](CC/C(C)=C/[C@H]12)O3. The minimum atomic E-state index is -1.66. The lowest BCUT2D eigenvalue weighted by Gasteiger charge is -2.50. The third kappa shape index (κ3) is 8.14. The molecule has 2 bridgehead atoms. The van der Waals surface area contributed by atoms with Crippen LogP contribution in [0.5, 0.6) is 0 Å². The number of carbonyl (C=O) groups excluding carboxylic acids is 4.